The van der Waals surface area contributed by atoms with Crippen molar-refractivity contribution in [3.63, 3.8) is 0 Å². The van der Waals surface area contributed by atoms with Crippen LogP contribution in [0.5, 0.6) is 0 Å². The number of rotatable bonds is 0. The lowest BCUT2D eigenvalue weighted by atomic mass is 10.7. The van der Waals surface area contributed by atoms with Gasteiger partial charge in [-0.1, -0.05) is 0 Å². The molecule has 0 spiro atoms. The molecule has 0 aromatic rings. The van der Waals surface area contributed by atoms with Crippen molar-refractivity contribution in [2.24, 2.45) is 0 Å². The van der Waals surface area contributed by atoms with Gasteiger partial charge in [-0.25, -0.2) is 33.3 Å². The smallest absolute Gasteiger partial charge is 0.466 e. The molecule has 0 fully saturated rings. The summed E-state index contributed by atoms with van der Waals surface area (Å²) < 4.78 is 8.88. The lowest BCUT2D eigenvalue weighted by Gasteiger charge is -1.82. The zero-order valence-electron chi connectivity index (χ0n) is 10.3. The second-order valence-electron chi connectivity index (χ2n) is 2.34. The van der Waals surface area contributed by atoms with E-state index in [0.29, 0.717) is 0 Å². The van der Waals surface area contributed by atoms with Crippen LogP contribution in [0.3, 0.4) is 0 Å². The summed E-state index contributed by atoms with van der Waals surface area (Å²) in [5, 5.41) is 44.3. The van der Waals surface area contributed by atoms with Crippen LogP contribution < -0.4 is 0 Å². The Morgan fingerprint density at radius 3 is 0.478 bits per heavy atom. The quantitative estimate of drug-likeness (QED) is 0.148. The first-order valence-electron chi connectivity index (χ1n) is 4.10. The molecule has 134 valence electrons. The van der Waals surface area contributed by atoms with Crippen molar-refractivity contribution in [3.05, 3.63) is 0 Å². The first kappa shape index (κ1) is 28.1. The Morgan fingerprint density at radius 2 is 0.478 bits per heavy atom. The minimum absolute atomic E-state index is 1.82. The largest absolute Gasteiger partial charge is 0.473 e. The van der Waals surface area contributed by atoms with Crippen LogP contribution in [-0.4, -0.2) is 81.1 Å². The topological polar surface area (TPSA) is 302 Å². The van der Waals surface area contributed by atoms with E-state index in [4.69, 9.17) is 78.7 Å². The van der Waals surface area contributed by atoms with E-state index in [9.17, 15) is 0 Å². The van der Waals surface area contributed by atoms with E-state index in [2.05, 4.69) is 0 Å². The molecule has 17 heteroatoms. The Hall–Kier alpha value is -3.07. The molecule has 0 radical (unpaired) electrons. The lowest BCUT2D eigenvalue weighted by Crippen LogP contribution is -2.09. The molecule has 0 aromatic heterocycles. The summed E-state index contributed by atoms with van der Waals surface area (Å²) in [6.07, 6.45) is 0. The second kappa shape index (κ2) is 13.9. The number of phosphoric acid groups is 1. The molecule has 0 aromatic carbocycles. The number of hydrogen-bond acceptors (Lipinski definition) is 7. The Morgan fingerprint density at radius 1 is 0.435 bits per heavy atom. The summed E-state index contributed by atoms with van der Waals surface area (Å²) in [6.45, 7) is 0. The van der Waals surface area contributed by atoms with Crippen molar-refractivity contribution < 1.29 is 78.7 Å². The molecule has 0 heterocycles. The predicted octanol–water partition coefficient (Wildman–Crippen LogP) is -3.46. The van der Waals surface area contributed by atoms with Crippen LogP contribution in [0.2, 0.25) is 0 Å². The summed E-state index contributed by atoms with van der Waals surface area (Å²) in [5.74, 6) is -10.9. The number of carboxylic acids is 6. The van der Waals surface area contributed by atoms with Crippen LogP contribution in [0, 0.1) is 0 Å². The third-order valence-corrected chi connectivity index (χ3v) is 0.549. The molecule has 0 bridgehead atoms. The monoisotopic (exact) mass is 368 g/mol. The Labute approximate surface area is 123 Å². The highest BCUT2D eigenvalue weighted by molar-refractivity contribution is 7.45. The van der Waals surface area contributed by atoms with E-state index in [1.165, 1.54) is 0 Å². The van der Waals surface area contributed by atoms with Gasteiger partial charge in [0, 0.05) is 0 Å². The van der Waals surface area contributed by atoms with E-state index >= 15 is 0 Å². The Balaban J connectivity index is -0.000000105. The highest BCUT2D eigenvalue weighted by Crippen LogP contribution is 2.25. The maximum atomic E-state index is 9.10. The lowest BCUT2D eigenvalue weighted by molar-refractivity contribution is -0.159. The molecule has 0 aliphatic carbocycles. The Kier molecular flexibility index (Phi) is 17.0. The van der Waals surface area contributed by atoms with Crippen LogP contribution in [0.1, 0.15) is 0 Å². The fourth-order valence-electron chi connectivity index (χ4n) is 0. The molecule has 16 nitrogen and oxygen atoms in total. The summed E-state index contributed by atoms with van der Waals surface area (Å²) in [7, 11) is -4.64. The third-order valence-electron chi connectivity index (χ3n) is 0.549. The fourth-order valence-corrected chi connectivity index (χ4v) is 0. The van der Waals surface area contributed by atoms with Gasteiger partial charge in [0.2, 0.25) is 0 Å². The molecular formula is C6H9O16P. The SMILES string of the molecule is O=C(O)C(=O)O.O=C(O)C(=O)O.O=C(O)C(=O)O.O=P(O)(O)O. The highest BCUT2D eigenvalue weighted by Gasteiger charge is 2.05. The minimum atomic E-state index is -4.64. The van der Waals surface area contributed by atoms with E-state index in [0.717, 1.165) is 0 Å². The van der Waals surface area contributed by atoms with Crippen LogP contribution in [-0.2, 0) is 33.3 Å². The number of carboxylic acid groups (broad SMARTS) is 6. The normalized spacial score (nSPS) is 8.30. The first-order valence-corrected chi connectivity index (χ1v) is 5.66. The average Bonchev–Trinajstić information content (AvgIpc) is 2.27. The van der Waals surface area contributed by atoms with E-state index in [-0.39, 0.29) is 0 Å². The summed E-state index contributed by atoms with van der Waals surface area (Å²) in [6, 6.07) is 0. The fraction of sp³-hybridized carbons (Fsp3) is 0. The van der Waals surface area contributed by atoms with E-state index in [1.54, 1.807) is 0 Å². The summed E-state index contributed by atoms with van der Waals surface area (Å²) in [4.78, 5) is 76.2. The third kappa shape index (κ3) is 68.0. The Bertz CT molecular complexity index is 395. The molecule has 0 saturated heterocycles. The van der Waals surface area contributed by atoms with Gasteiger partial charge in [-0.05, 0) is 0 Å². The molecule has 0 aliphatic heterocycles. The van der Waals surface area contributed by atoms with Crippen LogP contribution >= 0.6 is 7.82 Å². The van der Waals surface area contributed by atoms with E-state index < -0.39 is 43.6 Å². The van der Waals surface area contributed by atoms with Gasteiger partial charge in [0.25, 0.3) is 0 Å². The minimum Gasteiger partial charge on any atom is -0.473 e. The van der Waals surface area contributed by atoms with Crippen molar-refractivity contribution in [3.8, 4) is 0 Å². The van der Waals surface area contributed by atoms with Gasteiger partial charge >= 0.3 is 43.6 Å². The maximum absolute atomic E-state index is 9.10. The molecule has 0 aliphatic rings. The zero-order chi connectivity index (χ0) is 20.0. The molecule has 0 atom stereocenters. The molecule has 0 rings (SSSR count). The first-order chi connectivity index (χ1) is 9.93. The van der Waals surface area contributed by atoms with Crippen LogP contribution in [0.15, 0.2) is 0 Å². The van der Waals surface area contributed by atoms with Crippen molar-refractivity contribution in [1.82, 2.24) is 0 Å². The number of carbonyl (C=O) groups is 6. The van der Waals surface area contributed by atoms with Gasteiger partial charge in [0.15, 0.2) is 0 Å². The van der Waals surface area contributed by atoms with Crippen molar-refractivity contribution >= 4 is 43.6 Å². The summed E-state index contributed by atoms with van der Waals surface area (Å²) >= 11 is 0. The molecule has 23 heavy (non-hydrogen) atoms. The van der Waals surface area contributed by atoms with Gasteiger partial charge in [-0.2, -0.15) is 0 Å². The van der Waals surface area contributed by atoms with Gasteiger partial charge in [-0.3, -0.25) is 0 Å². The predicted molar refractivity (Wildman–Crippen MR) is 60.1 cm³/mol. The van der Waals surface area contributed by atoms with E-state index in [1.807, 2.05) is 0 Å². The van der Waals surface area contributed by atoms with Gasteiger partial charge < -0.3 is 45.3 Å². The molecular weight excluding hydrogens is 359 g/mol. The van der Waals surface area contributed by atoms with Crippen LogP contribution in [0.25, 0.3) is 0 Å². The van der Waals surface area contributed by atoms with Crippen molar-refractivity contribution in [2.45, 2.75) is 0 Å². The molecule has 0 saturated carbocycles. The molecule has 9 N–H and O–H groups in total. The van der Waals surface area contributed by atoms with Crippen LogP contribution in [0.4, 0.5) is 0 Å². The molecule has 0 amide bonds. The maximum Gasteiger partial charge on any atom is 0.466 e. The second-order valence-corrected chi connectivity index (χ2v) is 3.37. The highest BCUT2D eigenvalue weighted by atomic mass is 31.2. The summed E-state index contributed by atoms with van der Waals surface area (Å²) in [5.41, 5.74) is 0. The molecule has 0 unspecified atom stereocenters. The van der Waals surface area contributed by atoms with Crippen molar-refractivity contribution in [2.75, 3.05) is 0 Å². The standard InChI is InChI=1S/3C2H2O4.H3O4P/c3*3-1(4)2(5)6;1-5(2,3)4/h3*(H,3,4)(H,5,6);(H3,1,2,3,4). The zero-order valence-corrected chi connectivity index (χ0v) is 11.2. The number of hydrogen-bond donors (Lipinski definition) is 9. The number of aliphatic carboxylic acids is 6. The van der Waals surface area contributed by atoms with Gasteiger partial charge in [0.1, 0.15) is 0 Å². The van der Waals surface area contributed by atoms with Gasteiger partial charge in [-0.15, -0.1) is 0 Å². The average molecular weight is 368 g/mol. The van der Waals surface area contributed by atoms with Gasteiger partial charge in [0.05, 0.1) is 0 Å². The van der Waals surface area contributed by atoms with Crippen molar-refractivity contribution in [1.29, 1.82) is 0 Å².